The van der Waals surface area contributed by atoms with E-state index in [1.165, 1.54) is 30.2 Å². The first kappa shape index (κ1) is 11.5. The first-order valence-electron chi connectivity index (χ1n) is 4.82. The third kappa shape index (κ3) is 2.79. The fraction of sp³-hybridized carbons (Fsp3) is 0.0909. The molecule has 0 fully saturated rings. The van der Waals surface area contributed by atoms with Crippen molar-refractivity contribution in [3.8, 4) is 0 Å². The fourth-order valence-corrected chi connectivity index (χ4v) is 2.01. The predicted octanol–water partition coefficient (Wildman–Crippen LogP) is 2.03. The zero-order chi connectivity index (χ0) is 12.3. The Bertz CT molecular complexity index is 543. The average Bonchev–Trinajstić information content (AvgIpc) is 2.32. The van der Waals surface area contributed by atoms with E-state index in [4.69, 9.17) is 5.11 Å². The number of aryl methyl sites for hydroxylation is 1. The Balaban J connectivity index is 2.30. The highest BCUT2D eigenvalue weighted by Crippen LogP contribution is 2.27. The van der Waals surface area contributed by atoms with Crippen LogP contribution in [0.4, 0.5) is 0 Å². The van der Waals surface area contributed by atoms with Crippen molar-refractivity contribution in [1.29, 1.82) is 0 Å². The zero-order valence-corrected chi connectivity index (χ0v) is 9.81. The van der Waals surface area contributed by atoms with Crippen LogP contribution in [0, 0.1) is 6.92 Å². The Morgan fingerprint density at radius 2 is 2.12 bits per heavy atom. The number of aromatic nitrogens is 3. The van der Waals surface area contributed by atoms with Gasteiger partial charge in [0.1, 0.15) is 5.03 Å². The highest BCUT2D eigenvalue weighted by Gasteiger charge is 2.11. The number of aromatic carboxylic acids is 1. The summed E-state index contributed by atoms with van der Waals surface area (Å²) in [6.45, 7) is 1.84. The van der Waals surface area contributed by atoms with Crippen LogP contribution in [0.15, 0.2) is 40.5 Å². The van der Waals surface area contributed by atoms with Crippen LogP contribution >= 0.6 is 11.8 Å². The average molecular weight is 247 g/mol. The van der Waals surface area contributed by atoms with Gasteiger partial charge in [0.25, 0.3) is 0 Å². The Morgan fingerprint density at radius 1 is 1.29 bits per heavy atom. The van der Waals surface area contributed by atoms with Crippen LogP contribution in [-0.2, 0) is 0 Å². The number of pyridine rings is 1. The van der Waals surface area contributed by atoms with E-state index in [0.29, 0.717) is 9.92 Å². The third-order valence-corrected chi connectivity index (χ3v) is 2.97. The lowest BCUT2D eigenvalue weighted by Gasteiger charge is -2.03. The van der Waals surface area contributed by atoms with Gasteiger partial charge in [0, 0.05) is 17.3 Å². The Morgan fingerprint density at radius 3 is 2.76 bits per heavy atom. The molecular weight excluding hydrogens is 238 g/mol. The zero-order valence-electron chi connectivity index (χ0n) is 8.99. The lowest BCUT2D eigenvalue weighted by molar-refractivity contribution is 0.0693. The molecule has 0 atom stereocenters. The maximum Gasteiger partial charge on any atom is 0.336 e. The number of hydrogen-bond acceptors (Lipinski definition) is 5. The topological polar surface area (TPSA) is 76.0 Å². The van der Waals surface area contributed by atoms with Gasteiger partial charge in [0.05, 0.1) is 11.3 Å². The molecule has 2 aromatic rings. The van der Waals surface area contributed by atoms with Crippen molar-refractivity contribution in [2.24, 2.45) is 0 Å². The van der Waals surface area contributed by atoms with Crippen molar-refractivity contribution in [3.05, 3.63) is 41.9 Å². The number of hydrogen-bond donors (Lipinski definition) is 1. The second-order valence-electron chi connectivity index (χ2n) is 3.29. The molecule has 0 radical (unpaired) electrons. The summed E-state index contributed by atoms with van der Waals surface area (Å²) in [5, 5.41) is 17.5. The quantitative estimate of drug-likeness (QED) is 0.894. The Hall–Kier alpha value is -1.95. The summed E-state index contributed by atoms with van der Waals surface area (Å²) in [7, 11) is 0. The van der Waals surface area contributed by atoms with Gasteiger partial charge in [-0.1, -0.05) is 11.8 Å². The molecule has 0 aliphatic heterocycles. The van der Waals surface area contributed by atoms with Crippen molar-refractivity contribution in [1.82, 2.24) is 15.2 Å². The van der Waals surface area contributed by atoms with Crippen LogP contribution in [0.3, 0.4) is 0 Å². The van der Waals surface area contributed by atoms with Crippen LogP contribution < -0.4 is 0 Å². The smallest absolute Gasteiger partial charge is 0.336 e. The van der Waals surface area contributed by atoms with E-state index >= 15 is 0 Å². The van der Waals surface area contributed by atoms with E-state index in [2.05, 4.69) is 15.2 Å². The third-order valence-electron chi connectivity index (χ3n) is 2.00. The van der Waals surface area contributed by atoms with E-state index < -0.39 is 5.97 Å². The molecule has 0 unspecified atom stereocenters. The second-order valence-corrected chi connectivity index (χ2v) is 4.35. The highest BCUT2D eigenvalue weighted by molar-refractivity contribution is 7.99. The molecule has 0 saturated heterocycles. The molecule has 86 valence electrons. The van der Waals surface area contributed by atoms with Gasteiger partial charge in [0.2, 0.25) is 0 Å². The van der Waals surface area contributed by atoms with E-state index in [1.807, 2.05) is 13.0 Å². The van der Waals surface area contributed by atoms with E-state index in [9.17, 15) is 4.79 Å². The molecule has 0 aromatic carbocycles. The van der Waals surface area contributed by atoms with Crippen molar-refractivity contribution < 1.29 is 9.90 Å². The number of carboxylic acid groups (broad SMARTS) is 1. The Kier molecular flexibility index (Phi) is 3.34. The minimum Gasteiger partial charge on any atom is -0.478 e. The van der Waals surface area contributed by atoms with Gasteiger partial charge in [-0.2, -0.15) is 5.10 Å². The van der Waals surface area contributed by atoms with Gasteiger partial charge in [-0.3, -0.25) is 4.98 Å². The molecule has 2 aromatic heterocycles. The molecule has 0 bridgehead atoms. The van der Waals surface area contributed by atoms with Gasteiger partial charge in [-0.15, -0.1) is 5.10 Å². The predicted molar refractivity (Wildman–Crippen MR) is 62.1 cm³/mol. The van der Waals surface area contributed by atoms with E-state index in [0.717, 1.165) is 5.69 Å². The summed E-state index contributed by atoms with van der Waals surface area (Å²) >= 11 is 1.23. The van der Waals surface area contributed by atoms with Crippen LogP contribution in [0.1, 0.15) is 16.1 Å². The molecule has 2 rings (SSSR count). The molecule has 5 nitrogen and oxygen atoms in total. The highest BCUT2D eigenvalue weighted by atomic mass is 32.2. The normalized spacial score (nSPS) is 10.2. The van der Waals surface area contributed by atoms with Gasteiger partial charge in [-0.05, 0) is 25.1 Å². The van der Waals surface area contributed by atoms with Crippen molar-refractivity contribution >= 4 is 17.7 Å². The molecule has 0 amide bonds. The van der Waals surface area contributed by atoms with Gasteiger partial charge >= 0.3 is 5.97 Å². The number of carboxylic acids is 1. The summed E-state index contributed by atoms with van der Waals surface area (Å²) < 4.78 is 0. The van der Waals surface area contributed by atoms with E-state index in [1.54, 1.807) is 6.07 Å². The maximum absolute atomic E-state index is 11.0. The summed E-state index contributed by atoms with van der Waals surface area (Å²) in [6.07, 6.45) is 2.96. The molecule has 6 heteroatoms. The van der Waals surface area contributed by atoms with Gasteiger partial charge < -0.3 is 5.11 Å². The van der Waals surface area contributed by atoms with E-state index in [-0.39, 0.29) is 5.56 Å². The molecule has 2 heterocycles. The van der Waals surface area contributed by atoms with Crippen molar-refractivity contribution in [2.75, 3.05) is 0 Å². The molecule has 1 N–H and O–H groups in total. The molecule has 0 aliphatic carbocycles. The fourth-order valence-electron chi connectivity index (χ4n) is 1.19. The monoisotopic (exact) mass is 247 g/mol. The van der Waals surface area contributed by atoms with Crippen molar-refractivity contribution in [3.63, 3.8) is 0 Å². The SMILES string of the molecule is Cc1ccc(Sc2cnccc2C(=O)O)nn1. The van der Waals surface area contributed by atoms with Crippen molar-refractivity contribution in [2.45, 2.75) is 16.8 Å². The summed E-state index contributed by atoms with van der Waals surface area (Å²) in [6, 6.07) is 5.09. The summed E-state index contributed by atoms with van der Waals surface area (Å²) in [5.41, 5.74) is 1.03. The van der Waals surface area contributed by atoms with Crippen LogP contribution in [0.25, 0.3) is 0 Å². The minimum absolute atomic E-state index is 0.215. The number of rotatable bonds is 3. The number of carbonyl (C=O) groups is 1. The Labute approximate surface area is 102 Å². The minimum atomic E-state index is -0.977. The first-order valence-corrected chi connectivity index (χ1v) is 5.64. The van der Waals surface area contributed by atoms with Gasteiger partial charge in [-0.25, -0.2) is 4.79 Å². The van der Waals surface area contributed by atoms with Crippen LogP contribution in [0.2, 0.25) is 0 Å². The molecule has 0 aliphatic rings. The molecule has 17 heavy (non-hydrogen) atoms. The molecule has 0 saturated carbocycles. The standard InChI is InChI=1S/C11H9N3O2S/c1-7-2-3-10(14-13-7)17-9-6-12-5-4-8(9)11(15)16/h2-6H,1H3,(H,15,16). The largest absolute Gasteiger partial charge is 0.478 e. The molecule has 0 spiro atoms. The summed E-state index contributed by atoms with van der Waals surface area (Å²) in [5.74, 6) is -0.977. The second kappa shape index (κ2) is 4.92. The lowest BCUT2D eigenvalue weighted by Crippen LogP contribution is -1.99. The van der Waals surface area contributed by atoms with Crippen LogP contribution in [0.5, 0.6) is 0 Å². The molecular formula is C11H9N3O2S. The summed E-state index contributed by atoms with van der Waals surface area (Å²) in [4.78, 5) is 15.5. The lowest BCUT2D eigenvalue weighted by atomic mass is 10.3. The number of nitrogens with zero attached hydrogens (tertiary/aromatic N) is 3. The first-order chi connectivity index (χ1) is 8.16. The van der Waals surface area contributed by atoms with Gasteiger partial charge in [0.15, 0.2) is 0 Å². The van der Waals surface area contributed by atoms with Crippen LogP contribution in [-0.4, -0.2) is 26.3 Å². The maximum atomic E-state index is 11.0.